The van der Waals surface area contributed by atoms with Crippen LogP contribution in [0.25, 0.3) is 33.2 Å². The smallest absolute Gasteiger partial charge is 0.164 e. The highest BCUT2D eigenvalue weighted by Gasteiger charge is 2.30. The quantitative estimate of drug-likeness (QED) is 0.360. The van der Waals surface area contributed by atoms with Crippen LogP contribution in [-0.4, -0.2) is 66.8 Å². The Morgan fingerprint density at radius 1 is 0.974 bits per heavy atom. The van der Waals surface area contributed by atoms with Gasteiger partial charge in [-0.05, 0) is 55.9 Å². The van der Waals surface area contributed by atoms with Crippen molar-refractivity contribution in [2.45, 2.75) is 51.2 Å². The molecule has 3 aromatic heterocycles. The molecule has 9 nitrogen and oxygen atoms in total. The second-order valence-electron chi connectivity index (χ2n) is 10.9. The summed E-state index contributed by atoms with van der Waals surface area (Å²) in [4.78, 5) is 11.6. The van der Waals surface area contributed by atoms with E-state index in [1.54, 1.807) is 6.33 Å². The monoisotopic (exact) mass is 522 g/mol. The maximum atomic E-state index is 6.43. The average molecular weight is 523 g/mol. The number of ether oxygens (including phenoxy) is 1. The number of hydrogen-bond acceptors (Lipinski definition) is 7. The summed E-state index contributed by atoms with van der Waals surface area (Å²) in [5, 5.41) is 11.8. The lowest BCUT2D eigenvalue weighted by atomic mass is 9.90. The fourth-order valence-corrected chi connectivity index (χ4v) is 6.37. The van der Waals surface area contributed by atoms with Crippen LogP contribution in [0.2, 0.25) is 0 Å². The summed E-state index contributed by atoms with van der Waals surface area (Å²) in [5.74, 6) is 0.471. The number of rotatable bonds is 5. The highest BCUT2D eigenvalue weighted by molar-refractivity contribution is 5.99. The Morgan fingerprint density at radius 2 is 1.77 bits per heavy atom. The van der Waals surface area contributed by atoms with Crippen molar-refractivity contribution >= 4 is 27.8 Å². The number of nitrogen functional groups attached to an aromatic ring is 1. The van der Waals surface area contributed by atoms with Crippen LogP contribution in [-0.2, 0) is 11.3 Å². The Kier molecular flexibility index (Phi) is 6.25. The summed E-state index contributed by atoms with van der Waals surface area (Å²) >= 11 is 0. The van der Waals surface area contributed by atoms with Gasteiger partial charge in [0.05, 0.1) is 42.9 Å². The molecule has 0 atom stereocenters. The van der Waals surface area contributed by atoms with Gasteiger partial charge in [0, 0.05) is 30.1 Å². The predicted molar refractivity (Wildman–Crippen MR) is 152 cm³/mol. The summed E-state index contributed by atoms with van der Waals surface area (Å²) in [6.45, 7) is 6.65. The fraction of sp³-hybridized carbons (Fsp3) is 0.400. The second-order valence-corrected chi connectivity index (χ2v) is 10.9. The van der Waals surface area contributed by atoms with Crippen LogP contribution in [0, 0.1) is 6.92 Å². The van der Waals surface area contributed by atoms with E-state index in [4.69, 9.17) is 20.7 Å². The van der Waals surface area contributed by atoms with Crippen molar-refractivity contribution in [1.29, 1.82) is 0 Å². The third kappa shape index (κ3) is 4.45. The molecule has 2 fully saturated rings. The summed E-state index contributed by atoms with van der Waals surface area (Å²) in [6.07, 6.45) is 7.96. The molecule has 39 heavy (non-hydrogen) atoms. The molecule has 0 spiro atoms. The van der Waals surface area contributed by atoms with Crippen molar-refractivity contribution in [3.05, 3.63) is 66.1 Å². The number of anilines is 1. The molecule has 1 saturated heterocycles. The summed E-state index contributed by atoms with van der Waals surface area (Å²) in [7, 11) is 0. The van der Waals surface area contributed by atoms with E-state index in [0.29, 0.717) is 17.9 Å². The van der Waals surface area contributed by atoms with Crippen LogP contribution in [0.15, 0.2) is 55.0 Å². The van der Waals surface area contributed by atoms with Gasteiger partial charge >= 0.3 is 0 Å². The maximum absolute atomic E-state index is 6.43. The minimum atomic E-state index is 0.299. The molecule has 2 aliphatic rings. The van der Waals surface area contributed by atoms with Crippen molar-refractivity contribution in [3.63, 3.8) is 0 Å². The molecule has 0 radical (unpaired) electrons. The maximum Gasteiger partial charge on any atom is 0.164 e. The average Bonchev–Trinajstić information content (AvgIpc) is 3.57. The van der Waals surface area contributed by atoms with Gasteiger partial charge in [-0.15, -0.1) is 0 Å². The van der Waals surface area contributed by atoms with Crippen molar-refractivity contribution in [3.8, 4) is 11.3 Å². The normalized spacial score (nSPS) is 20.6. The van der Waals surface area contributed by atoms with Gasteiger partial charge in [0.1, 0.15) is 17.8 Å². The van der Waals surface area contributed by atoms with Gasteiger partial charge in [-0.1, -0.05) is 30.3 Å². The van der Waals surface area contributed by atoms with Crippen molar-refractivity contribution in [2.75, 3.05) is 32.0 Å². The van der Waals surface area contributed by atoms with Crippen LogP contribution >= 0.6 is 0 Å². The van der Waals surface area contributed by atoms with E-state index in [1.807, 2.05) is 6.20 Å². The van der Waals surface area contributed by atoms with E-state index in [9.17, 15) is 0 Å². The Morgan fingerprint density at radius 3 is 2.59 bits per heavy atom. The highest BCUT2D eigenvalue weighted by atomic mass is 16.5. The zero-order valence-electron chi connectivity index (χ0n) is 22.3. The molecular weight excluding hydrogens is 488 g/mol. The van der Waals surface area contributed by atoms with Crippen molar-refractivity contribution in [1.82, 2.24) is 34.4 Å². The van der Waals surface area contributed by atoms with E-state index >= 15 is 0 Å². The Labute approximate surface area is 227 Å². The molecule has 1 saturated carbocycles. The molecule has 0 bridgehead atoms. The SMILES string of the molecule is Cc1ccccc1Cn1ncc2cc(-c3nn(C4CCC(N5CCOCC5)CC4)c4ncnc(N)c34)ccc21. The lowest BCUT2D eigenvalue weighted by Crippen LogP contribution is -2.45. The minimum absolute atomic E-state index is 0.299. The van der Waals surface area contributed by atoms with Crippen LogP contribution < -0.4 is 5.73 Å². The number of morpholine rings is 1. The van der Waals surface area contributed by atoms with Crippen LogP contribution in [0.4, 0.5) is 5.82 Å². The zero-order valence-corrected chi connectivity index (χ0v) is 22.3. The van der Waals surface area contributed by atoms with Gasteiger partial charge in [-0.3, -0.25) is 9.58 Å². The van der Waals surface area contributed by atoms with Crippen molar-refractivity contribution < 1.29 is 4.74 Å². The van der Waals surface area contributed by atoms with Crippen molar-refractivity contribution in [2.24, 2.45) is 0 Å². The second kappa shape index (κ2) is 10.1. The van der Waals surface area contributed by atoms with Gasteiger partial charge in [0.25, 0.3) is 0 Å². The van der Waals surface area contributed by atoms with E-state index in [2.05, 4.69) is 73.6 Å². The third-order valence-electron chi connectivity index (χ3n) is 8.59. The molecule has 2 aromatic carbocycles. The first-order valence-corrected chi connectivity index (χ1v) is 14.0. The van der Waals surface area contributed by atoms with E-state index < -0.39 is 0 Å². The van der Waals surface area contributed by atoms with Gasteiger partial charge in [-0.2, -0.15) is 10.2 Å². The first-order valence-electron chi connectivity index (χ1n) is 14.0. The first kappa shape index (κ1) is 24.2. The summed E-state index contributed by atoms with van der Waals surface area (Å²) in [6, 6.07) is 15.8. The van der Waals surface area contributed by atoms with Gasteiger partial charge in [0.15, 0.2) is 5.65 Å². The number of benzene rings is 2. The van der Waals surface area contributed by atoms with E-state index in [0.717, 1.165) is 91.7 Å². The van der Waals surface area contributed by atoms with Crippen LogP contribution in [0.3, 0.4) is 0 Å². The number of aryl methyl sites for hydroxylation is 1. The molecule has 0 amide bonds. The number of nitrogens with two attached hydrogens (primary N) is 1. The predicted octanol–water partition coefficient (Wildman–Crippen LogP) is 4.60. The Hall–Kier alpha value is -3.82. The summed E-state index contributed by atoms with van der Waals surface area (Å²) < 4.78 is 9.73. The molecule has 4 heterocycles. The molecule has 200 valence electrons. The van der Waals surface area contributed by atoms with E-state index in [1.165, 1.54) is 11.1 Å². The van der Waals surface area contributed by atoms with Crippen LogP contribution in [0.5, 0.6) is 0 Å². The van der Waals surface area contributed by atoms with Gasteiger partial charge in [-0.25, -0.2) is 14.6 Å². The molecule has 1 aliphatic heterocycles. The number of aromatic nitrogens is 6. The molecule has 7 rings (SSSR count). The molecule has 9 heteroatoms. The topological polar surface area (TPSA) is 99.9 Å². The Balaban J connectivity index is 1.20. The first-order chi connectivity index (χ1) is 19.2. The number of nitrogens with zero attached hydrogens (tertiary/aromatic N) is 7. The largest absolute Gasteiger partial charge is 0.383 e. The molecule has 0 unspecified atom stereocenters. The number of fused-ring (bicyclic) bond motifs is 2. The lowest BCUT2D eigenvalue weighted by molar-refractivity contribution is 0.00520. The minimum Gasteiger partial charge on any atom is -0.383 e. The van der Waals surface area contributed by atoms with Crippen LogP contribution in [0.1, 0.15) is 42.9 Å². The zero-order chi connectivity index (χ0) is 26.3. The van der Waals surface area contributed by atoms with Gasteiger partial charge in [0.2, 0.25) is 0 Å². The molecule has 2 N–H and O–H groups in total. The standard InChI is InChI=1S/C30H34N8O/c1-20-4-2-3-5-22(20)18-37-26-11-6-21(16-23(26)17-34-37)28-27-29(31)32-19-33-30(27)38(35-28)25-9-7-24(8-10-25)36-12-14-39-15-13-36/h2-6,11,16-17,19,24-25H,7-10,12-15,18H2,1H3,(H2,31,32,33). The number of hydrogen-bond donors (Lipinski definition) is 1. The molecule has 5 aromatic rings. The van der Waals surface area contributed by atoms with E-state index in [-0.39, 0.29) is 0 Å². The van der Waals surface area contributed by atoms with Gasteiger partial charge < -0.3 is 10.5 Å². The third-order valence-corrected chi connectivity index (χ3v) is 8.59. The fourth-order valence-electron chi connectivity index (χ4n) is 6.37. The Bertz CT molecular complexity index is 1630. The molecular formula is C30H34N8O. The highest BCUT2D eigenvalue weighted by Crippen LogP contribution is 2.37. The lowest BCUT2D eigenvalue weighted by Gasteiger charge is -2.38. The molecule has 1 aliphatic carbocycles. The summed E-state index contributed by atoms with van der Waals surface area (Å²) in [5.41, 5.74) is 12.7.